The molecule has 0 spiro atoms. The lowest BCUT2D eigenvalue weighted by Crippen LogP contribution is -2.74. The summed E-state index contributed by atoms with van der Waals surface area (Å²) in [5, 5.41) is 3.73. The summed E-state index contributed by atoms with van der Waals surface area (Å²) in [6.45, 7) is 27.5. The largest absolute Gasteiger partial charge is 0.475 e. The van der Waals surface area contributed by atoms with Crippen molar-refractivity contribution in [3.63, 3.8) is 0 Å². The Hall–Kier alpha value is -2.63. The van der Waals surface area contributed by atoms with Gasteiger partial charge in [-0.3, -0.25) is 32.8 Å². The highest BCUT2D eigenvalue weighted by Crippen LogP contribution is 2.55. The summed E-state index contributed by atoms with van der Waals surface area (Å²) in [6, 6.07) is -0.263. The van der Waals surface area contributed by atoms with Crippen molar-refractivity contribution in [2.24, 2.45) is 11.3 Å². The number of thiazole rings is 1. The molecule has 3 fully saturated rings. The number of hydrogen-bond acceptors (Lipinski definition) is 11. The Balaban J connectivity index is 1.48. The maximum Gasteiger partial charge on any atom is 0.475 e. The number of phosphoric ester groups is 1. The van der Waals surface area contributed by atoms with Gasteiger partial charge in [-0.15, -0.1) is 11.3 Å². The third kappa shape index (κ3) is 14.0. The molecule has 0 aromatic carbocycles. The Morgan fingerprint density at radius 3 is 2.21 bits per heavy atom. The van der Waals surface area contributed by atoms with Crippen LogP contribution in [0.25, 0.3) is 6.08 Å². The van der Waals surface area contributed by atoms with E-state index in [1.807, 2.05) is 24.1 Å². The van der Waals surface area contributed by atoms with Gasteiger partial charge in [0, 0.05) is 43.1 Å². The normalized spacial score (nSPS) is 22.2. The second-order valence-electron chi connectivity index (χ2n) is 19.2. The molecule has 13 nitrogen and oxygen atoms in total. The van der Waals surface area contributed by atoms with Crippen LogP contribution in [0.1, 0.15) is 139 Å². The highest BCUT2D eigenvalue weighted by atomic mass is 32.1. The fourth-order valence-corrected chi connectivity index (χ4v) is 9.71. The molecule has 3 saturated heterocycles. The van der Waals surface area contributed by atoms with Gasteiger partial charge in [0.15, 0.2) is 12.3 Å². The highest BCUT2D eigenvalue weighted by Gasteiger charge is 2.54. The SMILES string of the molecule is CC(C)C[C@H]1ON(C(=O)/C=C/c2nc(C#CCCCOP(=O)(OC(C)(C)C)OC(C)(C)C)cs2)[C@H]2CN(C3CCN(C(C)C)CC3)C(=O)[C@H](CC(C)(C)C)N2C1=O. The van der Waals surface area contributed by atoms with Crippen LogP contribution in [0, 0.1) is 23.2 Å². The van der Waals surface area contributed by atoms with Crippen LogP contribution in [-0.2, 0) is 37.4 Å². The topological polar surface area (TPSA) is 131 Å². The van der Waals surface area contributed by atoms with Gasteiger partial charge < -0.3 is 14.7 Å². The Kier molecular flexibility index (Phi) is 15.8. The predicted molar refractivity (Wildman–Crippen MR) is 224 cm³/mol. The molecule has 3 aliphatic rings. The number of hydrogen-bond donors (Lipinski definition) is 0. The first kappa shape index (κ1) is 47.1. The Labute approximate surface area is 345 Å². The average molecular weight is 834 g/mol. The molecule has 1 aromatic heterocycles. The van der Waals surface area contributed by atoms with Crippen molar-refractivity contribution in [2.45, 2.75) is 170 Å². The third-order valence-electron chi connectivity index (χ3n) is 9.58. The number of nitrogens with zero attached hydrogens (tertiary/aromatic N) is 5. The van der Waals surface area contributed by atoms with Crippen molar-refractivity contribution in [2.75, 3.05) is 26.2 Å². The second kappa shape index (κ2) is 19.2. The summed E-state index contributed by atoms with van der Waals surface area (Å²) in [5.74, 6) is 5.56. The molecule has 0 radical (unpaired) electrons. The van der Waals surface area contributed by atoms with E-state index in [2.05, 4.69) is 56.3 Å². The van der Waals surface area contributed by atoms with E-state index in [1.165, 1.54) is 22.5 Å². The smallest absolute Gasteiger partial charge is 0.334 e. The summed E-state index contributed by atoms with van der Waals surface area (Å²) in [6.07, 6.45) is 4.94. The molecule has 0 bridgehead atoms. The first-order valence-electron chi connectivity index (χ1n) is 20.5. The molecular weight excluding hydrogens is 766 g/mol. The Bertz CT molecular complexity index is 1670. The number of carbonyl (C=O) groups excluding carboxylic acids is 3. The number of piperidine rings is 1. The number of hydroxylamine groups is 2. The molecule has 3 atom stereocenters. The van der Waals surface area contributed by atoms with E-state index in [1.54, 1.807) is 52.5 Å². The van der Waals surface area contributed by atoms with Gasteiger partial charge in [-0.05, 0) is 111 Å². The predicted octanol–water partition coefficient (Wildman–Crippen LogP) is 7.91. The second-order valence-corrected chi connectivity index (χ2v) is 21.7. The Morgan fingerprint density at radius 1 is 1.02 bits per heavy atom. The molecule has 15 heteroatoms. The summed E-state index contributed by atoms with van der Waals surface area (Å²) in [5.41, 5.74) is -1.11. The van der Waals surface area contributed by atoms with Crippen molar-refractivity contribution in [3.8, 4) is 11.8 Å². The average Bonchev–Trinajstić information content (AvgIpc) is 3.52. The van der Waals surface area contributed by atoms with Gasteiger partial charge in [-0.25, -0.2) is 9.55 Å². The van der Waals surface area contributed by atoms with E-state index in [9.17, 15) is 18.9 Å². The van der Waals surface area contributed by atoms with E-state index in [4.69, 9.17) is 18.4 Å². The fraction of sp³-hybridized carbons (Fsp3) is 0.762. The lowest BCUT2D eigenvalue weighted by Gasteiger charge is -2.55. The van der Waals surface area contributed by atoms with Crippen LogP contribution in [0.3, 0.4) is 0 Å². The lowest BCUT2D eigenvalue weighted by molar-refractivity contribution is -0.276. The maximum atomic E-state index is 14.4. The number of unbranched alkanes of at least 4 members (excludes halogenated alkanes) is 1. The standard InChI is InChI=1S/C42H68N5O8PS/c1-29(2)25-34-39(50)46-33(26-40(5,6)7)38(49)45(32-20-22-44(23-21-32)30(3)4)27-36(46)47(53-34)37(48)19-18-35-43-31(28-57-35)17-15-14-16-24-52-56(51,54-41(8,9)10)55-42(11,12)13/h18-19,28-30,32-34,36H,14,16,20-27H2,1-13H3/b19-18+/t33-,34+,36-/m0/s1. The van der Waals surface area contributed by atoms with Gasteiger partial charge in [-0.1, -0.05) is 40.5 Å². The van der Waals surface area contributed by atoms with Crippen LogP contribution < -0.4 is 0 Å². The molecule has 0 saturated carbocycles. The van der Waals surface area contributed by atoms with Gasteiger partial charge in [0.25, 0.3) is 11.8 Å². The van der Waals surface area contributed by atoms with Crippen LogP contribution in [0.2, 0.25) is 0 Å². The number of phosphoric acid groups is 1. The molecule has 320 valence electrons. The molecule has 3 amide bonds. The van der Waals surface area contributed by atoms with E-state index >= 15 is 0 Å². The number of carbonyl (C=O) groups is 3. The van der Waals surface area contributed by atoms with Crippen molar-refractivity contribution in [3.05, 3.63) is 22.2 Å². The van der Waals surface area contributed by atoms with Crippen molar-refractivity contribution in [1.82, 2.24) is 24.7 Å². The van der Waals surface area contributed by atoms with Crippen LogP contribution in [0.15, 0.2) is 11.5 Å². The third-order valence-corrected chi connectivity index (χ3v) is 12.4. The van der Waals surface area contributed by atoms with Gasteiger partial charge in [-0.2, -0.15) is 5.06 Å². The minimum Gasteiger partial charge on any atom is -0.334 e. The number of fused-ring (bicyclic) bond motifs is 1. The van der Waals surface area contributed by atoms with Crippen LogP contribution >= 0.6 is 19.2 Å². The first-order valence-corrected chi connectivity index (χ1v) is 22.8. The van der Waals surface area contributed by atoms with Gasteiger partial charge in [0.2, 0.25) is 5.91 Å². The number of piperazine rings is 1. The Morgan fingerprint density at radius 2 is 1.65 bits per heavy atom. The zero-order chi connectivity index (χ0) is 42.5. The molecule has 1 aromatic rings. The lowest BCUT2D eigenvalue weighted by atomic mass is 9.84. The number of likely N-dealkylation sites (tertiary alicyclic amines) is 1. The molecule has 0 aliphatic carbocycles. The molecule has 4 rings (SSSR count). The summed E-state index contributed by atoms with van der Waals surface area (Å²) >= 11 is 1.35. The molecule has 4 heterocycles. The van der Waals surface area contributed by atoms with Gasteiger partial charge in [0.05, 0.1) is 24.4 Å². The number of aromatic nitrogens is 1. The summed E-state index contributed by atoms with van der Waals surface area (Å²) in [4.78, 5) is 59.6. The summed E-state index contributed by atoms with van der Waals surface area (Å²) in [7, 11) is -3.79. The van der Waals surface area contributed by atoms with E-state index in [-0.39, 0.29) is 42.3 Å². The number of rotatable bonds is 13. The van der Waals surface area contributed by atoms with Crippen LogP contribution in [0.5, 0.6) is 0 Å². The maximum absolute atomic E-state index is 14.4. The molecule has 57 heavy (non-hydrogen) atoms. The molecule has 3 aliphatic heterocycles. The molecular formula is C42H68N5O8PS. The van der Waals surface area contributed by atoms with E-state index in [0.717, 1.165) is 25.9 Å². The monoisotopic (exact) mass is 833 g/mol. The van der Waals surface area contributed by atoms with Crippen LogP contribution in [0.4, 0.5) is 0 Å². The van der Waals surface area contributed by atoms with E-state index in [0.29, 0.717) is 42.4 Å². The number of amides is 3. The minimum absolute atomic E-state index is 0.0159. The molecule has 0 N–H and O–H groups in total. The summed E-state index contributed by atoms with van der Waals surface area (Å²) < 4.78 is 30.2. The minimum atomic E-state index is -3.79. The first-order chi connectivity index (χ1) is 26.3. The zero-order valence-electron chi connectivity index (χ0n) is 36.6. The van der Waals surface area contributed by atoms with Gasteiger partial charge >= 0.3 is 7.82 Å². The van der Waals surface area contributed by atoms with E-state index < -0.39 is 43.2 Å². The van der Waals surface area contributed by atoms with Crippen LogP contribution in [-0.4, -0.2) is 110 Å². The highest BCUT2D eigenvalue weighted by molar-refractivity contribution is 7.48. The van der Waals surface area contributed by atoms with Crippen molar-refractivity contribution < 1.29 is 37.4 Å². The quantitative estimate of drug-likeness (QED) is 0.0837. The van der Waals surface area contributed by atoms with Gasteiger partial charge in [0.1, 0.15) is 16.7 Å². The molecule has 0 unspecified atom stereocenters. The van der Waals surface area contributed by atoms with Crippen molar-refractivity contribution in [1.29, 1.82) is 0 Å². The fourth-order valence-electron chi connectivity index (χ4n) is 7.23. The zero-order valence-corrected chi connectivity index (χ0v) is 38.3. The van der Waals surface area contributed by atoms with Crippen molar-refractivity contribution >= 4 is 43.0 Å².